The Labute approximate surface area is 352 Å². The van der Waals surface area contributed by atoms with Crippen LogP contribution in [0.4, 0.5) is 17.1 Å². The van der Waals surface area contributed by atoms with Crippen molar-refractivity contribution in [3.05, 3.63) is 224 Å². The summed E-state index contributed by atoms with van der Waals surface area (Å²) in [6.07, 6.45) is 0. The van der Waals surface area contributed by atoms with Crippen LogP contribution in [0, 0.1) is 0 Å². The van der Waals surface area contributed by atoms with E-state index in [1.807, 2.05) is 11.3 Å². The number of anilines is 3. The molecule has 12 aromatic rings. The normalized spacial score (nSPS) is 11.7. The predicted molar refractivity (Wildman–Crippen MR) is 260 cm³/mol. The Kier molecular flexibility index (Phi) is 8.11. The topological polar surface area (TPSA) is 3.24 Å². The van der Waals surface area contributed by atoms with Crippen LogP contribution in [0.5, 0.6) is 0 Å². The first kappa shape index (κ1) is 34.5. The summed E-state index contributed by atoms with van der Waals surface area (Å²) in [6, 6.07) is 82.8. The second-order valence-corrected chi connectivity index (χ2v) is 16.7. The molecule has 0 aliphatic carbocycles. The molecule has 0 unspecified atom stereocenters. The van der Waals surface area contributed by atoms with Gasteiger partial charge in [0.2, 0.25) is 0 Å². The lowest BCUT2D eigenvalue weighted by molar-refractivity contribution is 1.29. The van der Waals surface area contributed by atoms with Gasteiger partial charge in [-0.05, 0) is 119 Å². The molecule has 0 N–H and O–H groups in total. The van der Waals surface area contributed by atoms with Crippen molar-refractivity contribution in [2.75, 3.05) is 4.90 Å². The third-order valence-corrected chi connectivity index (χ3v) is 13.4. The SMILES string of the molecule is c1ccc(-c2ccc(N(c3ccc4c(c3)sc3ccccc34)c3cccc(-c4cc5ccccc5c5ccccc45)c3-c3cc4ccccc4c4ccccc34)cc2)cc1. The molecule has 0 saturated heterocycles. The molecule has 11 aromatic carbocycles. The average Bonchev–Trinajstić information content (AvgIpc) is 3.70. The quantitative estimate of drug-likeness (QED) is 0.152. The van der Waals surface area contributed by atoms with Crippen molar-refractivity contribution in [2.24, 2.45) is 0 Å². The first-order chi connectivity index (χ1) is 29.8. The van der Waals surface area contributed by atoms with Crippen molar-refractivity contribution in [3.8, 4) is 33.4 Å². The van der Waals surface area contributed by atoms with Gasteiger partial charge in [-0.3, -0.25) is 0 Å². The highest BCUT2D eigenvalue weighted by molar-refractivity contribution is 7.25. The van der Waals surface area contributed by atoms with Crippen LogP contribution in [0.1, 0.15) is 0 Å². The molecule has 1 aromatic heterocycles. The number of fused-ring (bicyclic) bond motifs is 9. The van der Waals surface area contributed by atoms with Crippen LogP contribution in [0.2, 0.25) is 0 Å². The van der Waals surface area contributed by atoms with E-state index in [-0.39, 0.29) is 0 Å². The highest BCUT2D eigenvalue weighted by Gasteiger charge is 2.24. The Hall–Kier alpha value is -7.52. The summed E-state index contributed by atoms with van der Waals surface area (Å²) in [5, 5.41) is 12.6. The molecular weight excluding hydrogens is 743 g/mol. The summed E-state index contributed by atoms with van der Waals surface area (Å²) in [5.41, 5.74) is 10.6. The van der Waals surface area contributed by atoms with E-state index in [1.165, 1.54) is 96.6 Å². The Morgan fingerprint density at radius 1 is 0.283 bits per heavy atom. The Morgan fingerprint density at radius 3 is 1.50 bits per heavy atom. The molecule has 60 heavy (non-hydrogen) atoms. The van der Waals surface area contributed by atoms with E-state index in [4.69, 9.17) is 0 Å². The highest BCUT2D eigenvalue weighted by Crippen LogP contribution is 2.51. The fraction of sp³-hybridized carbons (Fsp3) is 0. The maximum absolute atomic E-state index is 2.49. The fourth-order valence-electron chi connectivity index (χ4n) is 9.49. The van der Waals surface area contributed by atoms with Crippen molar-refractivity contribution in [3.63, 3.8) is 0 Å². The Bertz CT molecular complexity index is 3600. The summed E-state index contributed by atoms with van der Waals surface area (Å²) in [6.45, 7) is 0. The van der Waals surface area contributed by atoms with E-state index in [9.17, 15) is 0 Å². The number of hydrogen-bond acceptors (Lipinski definition) is 2. The minimum atomic E-state index is 1.10. The first-order valence-electron chi connectivity index (χ1n) is 20.6. The van der Waals surface area contributed by atoms with E-state index >= 15 is 0 Å². The molecule has 1 nitrogen and oxygen atoms in total. The van der Waals surface area contributed by atoms with E-state index in [1.54, 1.807) is 0 Å². The van der Waals surface area contributed by atoms with Crippen LogP contribution >= 0.6 is 11.3 Å². The van der Waals surface area contributed by atoms with E-state index in [0.29, 0.717) is 0 Å². The minimum absolute atomic E-state index is 1.10. The average molecular weight is 780 g/mol. The van der Waals surface area contributed by atoms with Gasteiger partial charge in [0.05, 0.1) is 5.69 Å². The van der Waals surface area contributed by atoms with E-state index in [2.05, 4.69) is 229 Å². The molecule has 12 rings (SSSR count). The van der Waals surface area contributed by atoms with Crippen LogP contribution in [-0.2, 0) is 0 Å². The summed E-state index contributed by atoms with van der Waals surface area (Å²) < 4.78 is 2.57. The summed E-state index contributed by atoms with van der Waals surface area (Å²) in [7, 11) is 0. The molecule has 0 radical (unpaired) electrons. The second-order valence-electron chi connectivity index (χ2n) is 15.6. The van der Waals surface area contributed by atoms with Crippen LogP contribution in [0.25, 0.3) is 96.6 Å². The van der Waals surface area contributed by atoms with Gasteiger partial charge in [0.15, 0.2) is 0 Å². The van der Waals surface area contributed by atoms with Gasteiger partial charge >= 0.3 is 0 Å². The van der Waals surface area contributed by atoms with Gasteiger partial charge in [0.1, 0.15) is 0 Å². The molecule has 1 heterocycles. The van der Waals surface area contributed by atoms with Crippen molar-refractivity contribution < 1.29 is 0 Å². The maximum Gasteiger partial charge on any atom is 0.0546 e. The Balaban J connectivity index is 1.20. The molecule has 280 valence electrons. The van der Waals surface area contributed by atoms with Crippen LogP contribution < -0.4 is 4.90 Å². The van der Waals surface area contributed by atoms with Crippen molar-refractivity contribution in [1.29, 1.82) is 0 Å². The third kappa shape index (κ3) is 5.61. The molecule has 0 amide bonds. The lowest BCUT2D eigenvalue weighted by atomic mass is 9.85. The predicted octanol–water partition coefficient (Wildman–Crippen LogP) is 17.1. The zero-order chi connectivity index (χ0) is 39.6. The molecule has 0 atom stereocenters. The zero-order valence-corrected chi connectivity index (χ0v) is 33.5. The standard InChI is InChI=1S/C58H37NS/c1-2-15-38(16-3-1)39-29-31-42(32-30-39)59(43-33-34-51-50-25-12-13-28-56(50)60-57(51)37-43)55-27-14-26-52(53-35-40-17-4-6-19-44(40)46-21-8-10-23-48(46)53)58(55)54-36-41-18-5-7-20-45(41)47-22-9-11-24-49(47)54/h1-37H. The zero-order valence-electron chi connectivity index (χ0n) is 32.7. The molecule has 0 bridgehead atoms. The largest absolute Gasteiger partial charge is 0.310 e. The third-order valence-electron chi connectivity index (χ3n) is 12.2. The number of rotatable bonds is 6. The lowest BCUT2D eigenvalue weighted by Gasteiger charge is -2.30. The highest BCUT2D eigenvalue weighted by atomic mass is 32.1. The second kappa shape index (κ2) is 14.1. The van der Waals surface area contributed by atoms with Crippen molar-refractivity contribution in [1.82, 2.24) is 0 Å². The number of hydrogen-bond donors (Lipinski definition) is 0. The summed E-state index contributed by atoms with van der Waals surface area (Å²) >= 11 is 1.86. The fourth-order valence-corrected chi connectivity index (χ4v) is 10.6. The van der Waals surface area contributed by atoms with Gasteiger partial charge in [-0.1, -0.05) is 176 Å². The van der Waals surface area contributed by atoms with Gasteiger partial charge in [-0.25, -0.2) is 0 Å². The van der Waals surface area contributed by atoms with Gasteiger partial charge in [-0.2, -0.15) is 0 Å². The molecule has 0 aliphatic heterocycles. The van der Waals surface area contributed by atoms with Crippen LogP contribution in [-0.4, -0.2) is 0 Å². The van der Waals surface area contributed by atoms with Crippen molar-refractivity contribution in [2.45, 2.75) is 0 Å². The first-order valence-corrected chi connectivity index (χ1v) is 21.4. The molecule has 2 heteroatoms. The maximum atomic E-state index is 2.49. The van der Waals surface area contributed by atoms with Crippen LogP contribution in [0.15, 0.2) is 224 Å². The molecule has 0 fully saturated rings. The van der Waals surface area contributed by atoms with Gasteiger partial charge in [0, 0.05) is 37.1 Å². The minimum Gasteiger partial charge on any atom is -0.310 e. The number of benzene rings is 11. The monoisotopic (exact) mass is 779 g/mol. The number of thiophene rings is 1. The molecule has 0 spiro atoms. The summed E-state index contributed by atoms with van der Waals surface area (Å²) in [4.78, 5) is 2.49. The summed E-state index contributed by atoms with van der Waals surface area (Å²) in [5.74, 6) is 0. The van der Waals surface area contributed by atoms with Gasteiger partial charge in [-0.15, -0.1) is 11.3 Å². The lowest BCUT2D eigenvalue weighted by Crippen LogP contribution is -2.12. The Morgan fingerprint density at radius 2 is 0.800 bits per heavy atom. The van der Waals surface area contributed by atoms with E-state index < -0.39 is 0 Å². The van der Waals surface area contributed by atoms with Crippen LogP contribution in [0.3, 0.4) is 0 Å². The van der Waals surface area contributed by atoms with Crippen molar-refractivity contribution >= 4 is 91.7 Å². The molecule has 0 saturated carbocycles. The smallest absolute Gasteiger partial charge is 0.0546 e. The molecule has 0 aliphatic rings. The van der Waals surface area contributed by atoms with E-state index in [0.717, 1.165) is 17.1 Å². The number of nitrogens with zero attached hydrogens (tertiary/aromatic N) is 1. The van der Waals surface area contributed by atoms with Gasteiger partial charge < -0.3 is 4.90 Å². The molecular formula is C58H37NS. The van der Waals surface area contributed by atoms with Gasteiger partial charge in [0.25, 0.3) is 0 Å².